The van der Waals surface area contributed by atoms with Crippen LogP contribution in [0.25, 0.3) is 0 Å². The zero-order valence-corrected chi connectivity index (χ0v) is 17.1. The van der Waals surface area contributed by atoms with Crippen molar-refractivity contribution < 1.29 is 17.9 Å². The van der Waals surface area contributed by atoms with Gasteiger partial charge in [0.1, 0.15) is 10.6 Å². The van der Waals surface area contributed by atoms with Gasteiger partial charge in [-0.25, -0.2) is 8.42 Å². The second-order valence-electron chi connectivity index (χ2n) is 7.33. The summed E-state index contributed by atoms with van der Waals surface area (Å²) in [5.74, 6) is 0.267. The Morgan fingerprint density at radius 3 is 2.54 bits per heavy atom. The fourth-order valence-electron chi connectivity index (χ4n) is 3.03. The van der Waals surface area contributed by atoms with E-state index in [4.69, 9.17) is 4.74 Å². The molecule has 1 amide bonds. The van der Waals surface area contributed by atoms with E-state index in [1.165, 1.54) is 17.5 Å². The maximum absolute atomic E-state index is 13.2. The zero-order valence-electron chi connectivity index (χ0n) is 16.3. The van der Waals surface area contributed by atoms with Crippen molar-refractivity contribution in [2.45, 2.75) is 63.9 Å². The van der Waals surface area contributed by atoms with E-state index in [0.29, 0.717) is 12.1 Å². The average Bonchev–Trinajstić information content (AvgIpc) is 2.61. The Hall–Kier alpha value is -1.60. The monoisotopic (exact) mass is 382 g/mol. The number of carbonyl (C=O) groups excluding carboxylic acids is 1. The molecule has 1 aliphatic rings. The Kier molecular flexibility index (Phi) is 6.69. The van der Waals surface area contributed by atoms with Crippen molar-refractivity contribution in [3.8, 4) is 5.75 Å². The highest BCUT2D eigenvalue weighted by atomic mass is 32.2. The van der Waals surface area contributed by atoms with Crippen LogP contribution in [0.2, 0.25) is 0 Å². The lowest BCUT2D eigenvalue weighted by molar-refractivity contribution is 0.0930. The van der Waals surface area contributed by atoms with E-state index in [0.717, 1.165) is 19.3 Å². The number of benzene rings is 1. The summed E-state index contributed by atoms with van der Waals surface area (Å²) >= 11 is 0. The second-order valence-corrected chi connectivity index (χ2v) is 9.19. The second kappa shape index (κ2) is 8.39. The number of carbonyl (C=O) groups is 1. The molecule has 26 heavy (non-hydrogen) atoms. The van der Waals surface area contributed by atoms with Crippen molar-refractivity contribution in [1.82, 2.24) is 9.62 Å². The van der Waals surface area contributed by atoms with Gasteiger partial charge >= 0.3 is 0 Å². The van der Waals surface area contributed by atoms with Crippen LogP contribution in [-0.4, -0.2) is 44.4 Å². The maximum Gasteiger partial charge on any atom is 0.251 e. The fourth-order valence-corrected chi connectivity index (χ4v) is 4.91. The minimum atomic E-state index is -3.73. The number of nitrogens with zero attached hydrogens (tertiary/aromatic N) is 1. The molecule has 1 N–H and O–H groups in total. The van der Waals surface area contributed by atoms with Gasteiger partial charge in [0.05, 0.1) is 7.11 Å². The van der Waals surface area contributed by atoms with E-state index in [1.54, 1.807) is 12.1 Å². The van der Waals surface area contributed by atoms with Gasteiger partial charge < -0.3 is 10.1 Å². The summed E-state index contributed by atoms with van der Waals surface area (Å²) in [6.45, 7) is 8.38. The normalized spacial score (nSPS) is 20.0. The molecule has 146 valence electrons. The molecule has 1 aliphatic heterocycles. The number of amides is 1. The van der Waals surface area contributed by atoms with Crippen molar-refractivity contribution in [2.24, 2.45) is 5.92 Å². The van der Waals surface area contributed by atoms with Gasteiger partial charge in [-0.1, -0.05) is 20.3 Å². The first kappa shape index (κ1) is 20.7. The highest BCUT2D eigenvalue weighted by Gasteiger charge is 2.33. The van der Waals surface area contributed by atoms with Gasteiger partial charge in [0, 0.05) is 24.2 Å². The van der Waals surface area contributed by atoms with Gasteiger partial charge in [0.15, 0.2) is 0 Å². The lowest BCUT2D eigenvalue weighted by Gasteiger charge is -2.32. The zero-order chi connectivity index (χ0) is 19.5. The number of hydrogen-bond acceptors (Lipinski definition) is 4. The number of ether oxygens (including phenoxy) is 1. The fraction of sp³-hybridized carbons (Fsp3) is 0.632. The van der Waals surface area contributed by atoms with Crippen LogP contribution in [0.15, 0.2) is 23.1 Å². The van der Waals surface area contributed by atoms with Crippen molar-refractivity contribution in [3.63, 3.8) is 0 Å². The summed E-state index contributed by atoms with van der Waals surface area (Å²) in [4.78, 5) is 12.6. The van der Waals surface area contributed by atoms with Crippen LogP contribution in [0.3, 0.4) is 0 Å². The molecule has 2 unspecified atom stereocenters. The largest absolute Gasteiger partial charge is 0.495 e. The Morgan fingerprint density at radius 1 is 1.27 bits per heavy atom. The highest BCUT2D eigenvalue weighted by molar-refractivity contribution is 7.89. The molecule has 1 saturated heterocycles. The number of piperidine rings is 1. The number of sulfonamides is 1. The van der Waals surface area contributed by atoms with Gasteiger partial charge in [-0.2, -0.15) is 4.31 Å². The van der Waals surface area contributed by atoms with Crippen molar-refractivity contribution in [1.29, 1.82) is 0 Å². The molecule has 0 aliphatic carbocycles. The topological polar surface area (TPSA) is 75.7 Å². The lowest BCUT2D eigenvalue weighted by atomic mass is 10.1. The summed E-state index contributed by atoms with van der Waals surface area (Å²) in [5, 5.41) is 2.91. The molecule has 1 aromatic carbocycles. The van der Waals surface area contributed by atoms with Crippen LogP contribution < -0.4 is 10.1 Å². The lowest BCUT2D eigenvalue weighted by Crippen LogP contribution is -2.42. The van der Waals surface area contributed by atoms with Crippen molar-refractivity contribution in [2.75, 3.05) is 13.7 Å². The number of rotatable bonds is 6. The molecule has 0 radical (unpaired) electrons. The smallest absolute Gasteiger partial charge is 0.251 e. The standard InChI is InChI=1S/C19H30N2O4S/c1-13(2)15(4)20-19(22)16-9-10-17(25-5)18(12-16)26(23,24)21-11-7-6-8-14(21)3/h9-10,12-15H,6-8,11H2,1-5H3,(H,20,22). The number of hydrogen-bond donors (Lipinski definition) is 1. The molecule has 2 atom stereocenters. The van der Waals surface area contributed by atoms with Gasteiger partial charge in [0.25, 0.3) is 5.91 Å². The molecular formula is C19H30N2O4S. The summed E-state index contributed by atoms with van der Waals surface area (Å²) in [7, 11) is -2.29. The van der Waals surface area contributed by atoms with Gasteiger partial charge in [-0.15, -0.1) is 0 Å². The summed E-state index contributed by atoms with van der Waals surface area (Å²) < 4.78 is 33.2. The molecule has 6 nitrogen and oxygen atoms in total. The van der Waals surface area contributed by atoms with E-state index in [9.17, 15) is 13.2 Å². The van der Waals surface area contributed by atoms with Crippen LogP contribution in [0.1, 0.15) is 57.3 Å². The van der Waals surface area contributed by atoms with E-state index in [1.807, 2.05) is 27.7 Å². The maximum atomic E-state index is 13.2. The van der Waals surface area contributed by atoms with Crippen molar-refractivity contribution >= 4 is 15.9 Å². The predicted octanol–water partition coefficient (Wildman–Crippen LogP) is 3.03. The van der Waals surface area contributed by atoms with Crippen LogP contribution in [0.4, 0.5) is 0 Å². The number of nitrogens with one attached hydrogen (secondary N) is 1. The first-order valence-electron chi connectivity index (χ1n) is 9.19. The van der Waals surface area contributed by atoms with Crippen LogP contribution in [0, 0.1) is 5.92 Å². The molecule has 0 aromatic heterocycles. The third-order valence-electron chi connectivity index (χ3n) is 5.11. The third kappa shape index (κ3) is 4.38. The number of methoxy groups -OCH3 is 1. The predicted molar refractivity (Wildman–Crippen MR) is 102 cm³/mol. The third-order valence-corrected chi connectivity index (χ3v) is 7.15. The molecule has 1 aromatic rings. The van der Waals surface area contributed by atoms with Crippen molar-refractivity contribution in [3.05, 3.63) is 23.8 Å². The highest BCUT2D eigenvalue weighted by Crippen LogP contribution is 2.31. The molecule has 1 fully saturated rings. The van der Waals surface area contributed by atoms with E-state index in [-0.39, 0.29) is 34.6 Å². The van der Waals surface area contributed by atoms with Crippen LogP contribution >= 0.6 is 0 Å². The van der Waals surface area contributed by atoms with Gasteiger partial charge in [-0.3, -0.25) is 4.79 Å². The SMILES string of the molecule is COc1ccc(C(=O)NC(C)C(C)C)cc1S(=O)(=O)N1CCCCC1C. The van der Waals surface area contributed by atoms with Gasteiger partial charge in [-0.05, 0) is 50.8 Å². The van der Waals surface area contributed by atoms with Crippen LogP contribution in [-0.2, 0) is 10.0 Å². The van der Waals surface area contributed by atoms with E-state index in [2.05, 4.69) is 5.32 Å². The molecule has 0 bridgehead atoms. The molecular weight excluding hydrogens is 352 g/mol. The average molecular weight is 383 g/mol. The van der Waals surface area contributed by atoms with E-state index < -0.39 is 10.0 Å². The van der Waals surface area contributed by atoms with Crippen LogP contribution in [0.5, 0.6) is 5.75 Å². The first-order valence-corrected chi connectivity index (χ1v) is 10.6. The molecule has 2 rings (SSSR count). The minimum Gasteiger partial charge on any atom is -0.495 e. The summed E-state index contributed by atoms with van der Waals surface area (Å²) in [5.41, 5.74) is 0.321. The Labute approximate surface area is 157 Å². The van der Waals surface area contributed by atoms with Gasteiger partial charge in [0.2, 0.25) is 10.0 Å². The van der Waals surface area contributed by atoms with E-state index >= 15 is 0 Å². The minimum absolute atomic E-state index is 0.00762. The summed E-state index contributed by atoms with van der Waals surface area (Å²) in [6, 6.07) is 4.51. The molecule has 1 heterocycles. The Balaban J connectivity index is 2.39. The summed E-state index contributed by atoms with van der Waals surface area (Å²) in [6.07, 6.45) is 2.71. The molecule has 7 heteroatoms. The Morgan fingerprint density at radius 2 is 1.96 bits per heavy atom. The quantitative estimate of drug-likeness (QED) is 0.820. The molecule has 0 spiro atoms. The Bertz CT molecular complexity index is 746. The first-order chi connectivity index (χ1) is 12.2. The molecule has 0 saturated carbocycles.